The summed E-state index contributed by atoms with van der Waals surface area (Å²) in [6.45, 7) is 1.88. The van der Waals surface area contributed by atoms with Crippen LogP contribution >= 0.6 is 11.6 Å². The number of rotatable bonds is 5. The first-order valence-electron chi connectivity index (χ1n) is 7.74. The minimum Gasteiger partial charge on any atom is -0.496 e. The molecule has 1 heterocycles. The van der Waals surface area contributed by atoms with Crippen LogP contribution in [0, 0.1) is 0 Å². The zero-order chi connectivity index (χ0) is 18.6. The second-order valence-corrected chi connectivity index (χ2v) is 6.03. The van der Waals surface area contributed by atoms with Gasteiger partial charge in [-0.3, -0.25) is 14.9 Å². The van der Waals surface area contributed by atoms with Crippen LogP contribution in [0.2, 0.25) is 5.02 Å². The van der Waals surface area contributed by atoms with Crippen LogP contribution in [0.1, 0.15) is 23.7 Å². The lowest BCUT2D eigenvalue weighted by Crippen LogP contribution is -2.60. The summed E-state index contributed by atoms with van der Waals surface area (Å²) in [5.41, 5.74) is 6.32. The molecular formula is C16H22ClN3O5. The maximum absolute atomic E-state index is 12.7. The quantitative estimate of drug-likeness (QED) is 0.521. The van der Waals surface area contributed by atoms with E-state index >= 15 is 0 Å². The summed E-state index contributed by atoms with van der Waals surface area (Å²) in [6, 6.07) is 2.59. The highest BCUT2D eigenvalue weighted by atomic mass is 35.5. The van der Waals surface area contributed by atoms with Gasteiger partial charge in [0, 0.05) is 26.6 Å². The molecule has 1 aliphatic rings. The topological polar surface area (TPSA) is 112 Å². The Hall–Kier alpha value is -2.03. The molecule has 1 aliphatic heterocycles. The number of halogens is 1. The van der Waals surface area contributed by atoms with E-state index in [2.05, 4.69) is 10.6 Å². The largest absolute Gasteiger partial charge is 0.496 e. The number of nitrogens with one attached hydrogen (secondary N) is 2. The van der Waals surface area contributed by atoms with Crippen molar-refractivity contribution in [2.75, 3.05) is 26.5 Å². The number of nitrogens with two attached hydrogens (primary N) is 1. The smallest absolute Gasteiger partial charge is 0.304 e. The van der Waals surface area contributed by atoms with Crippen molar-refractivity contribution in [2.45, 2.75) is 31.7 Å². The van der Waals surface area contributed by atoms with Gasteiger partial charge in [-0.05, 0) is 12.5 Å². The van der Waals surface area contributed by atoms with E-state index in [0.717, 1.165) is 0 Å². The highest BCUT2D eigenvalue weighted by molar-refractivity contribution is 6.33. The van der Waals surface area contributed by atoms with Crippen molar-refractivity contribution in [2.24, 2.45) is 0 Å². The molecule has 0 saturated carbocycles. The van der Waals surface area contributed by atoms with Crippen molar-refractivity contribution in [1.82, 2.24) is 10.6 Å². The molecule has 1 saturated heterocycles. The molecule has 3 atom stereocenters. The number of hydrogen-bond donors (Lipinski definition) is 3. The summed E-state index contributed by atoms with van der Waals surface area (Å²) in [6.07, 6.45) is -0.567. The Labute approximate surface area is 150 Å². The summed E-state index contributed by atoms with van der Waals surface area (Å²) in [5, 5.41) is 6.20. The molecule has 1 aromatic carbocycles. The van der Waals surface area contributed by atoms with Crippen molar-refractivity contribution in [3.05, 3.63) is 22.7 Å². The third-order valence-electron chi connectivity index (χ3n) is 3.94. The van der Waals surface area contributed by atoms with E-state index in [1.807, 2.05) is 0 Å². The van der Waals surface area contributed by atoms with Crippen LogP contribution in [0.5, 0.6) is 5.75 Å². The lowest BCUT2D eigenvalue weighted by Gasteiger charge is -2.37. The third kappa shape index (κ3) is 4.53. The maximum atomic E-state index is 12.7. The fraction of sp³-hybridized carbons (Fsp3) is 0.500. The number of esters is 1. The molecular weight excluding hydrogens is 350 g/mol. The molecule has 2 rings (SSSR count). The number of carbonyl (C=O) groups is 2. The molecule has 9 heteroatoms. The van der Waals surface area contributed by atoms with Gasteiger partial charge in [0.05, 0.1) is 29.4 Å². The second-order valence-electron chi connectivity index (χ2n) is 5.63. The van der Waals surface area contributed by atoms with Gasteiger partial charge in [-0.2, -0.15) is 0 Å². The molecule has 0 bridgehead atoms. The number of carbonyl (C=O) groups excluding carboxylic acids is 2. The molecule has 1 aromatic rings. The summed E-state index contributed by atoms with van der Waals surface area (Å²) in [5.74, 6) is -0.494. The van der Waals surface area contributed by atoms with Gasteiger partial charge < -0.3 is 25.3 Å². The van der Waals surface area contributed by atoms with E-state index in [9.17, 15) is 9.59 Å². The van der Waals surface area contributed by atoms with Crippen LogP contribution < -0.4 is 21.1 Å². The Bertz CT molecular complexity index is 655. The van der Waals surface area contributed by atoms with Crippen molar-refractivity contribution < 1.29 is 23.8 Å². The Balaban J connectivity index is 2.18. The molecule has 0 aliphatic carbocycles. The van der Waals surface area contributed by atoms with E-state index in [1.54, 1.807) is 0 Å². The zero-order valence-electron chi connectivity index (χ0n) is 14.3. The lowest BCUT2D eigenvalue weighted by molar-refractivity contribution is -0.160. The number of methoxy groups -OCH3 is 2. The molecule has 0 aromatic heterocycles. The fourth-order valence-corrected chi connectivity index (χ4v) is 2.93. The number of ether oxygens (including phenoxy) is 3. The SMILES string of the molecule is COc1cc(N)c(Cl)cc1C(=O)NC1CCNC(OC(C)=O)C1OC. The first kappa shape index (κ1) is 19.3. The molecule has 138 valence electrons. The van der Waals surface area contributed by atoms with Crippen LogP contribution in [0.4, 0.5) is 5.69 Å². The van der Waals surface area contributed by atoms with E-state index in [-0.39, 0.29) is 22.5 Å². The summed E-state index contributed by atoms with van der Waals surface area (Å²) >= 11 is 6.01. The predicted molar refractivity (Wildman–Crippen MR) is 92.6 cm³/mol. The van der Waals surface area contributed by atoms with Gasteiger partial charge in [-0.15, -0.1) is 0 Å². The van der Waals surface area contributed by atoms with Crippen LogP contribution in [0.3, 0.4) is 0 Å². The molecule has 25 heavy (non-hydrogen) atoms. The van der Waals surface area contributed by atoms with Gasteiger partial charge in [-0.25, -0.2) is 0 Å². The zero-order valence-corrected chi connectivity index (χ0v) is 15.1. The minimum atomic E-state index is -0.640. The Kier molecular flexibility index (Phi) is 6.46. The van der Waals surface area contributed by atoms with E-state index in [0.29, 0.717) is 24.4 Å². The fourth-order valence-electron chi connectivity index (χ4n) is 2.76. The third-order valence-corrected chi connectivity index (χ3v) is 4.27. The number of amides is 1. The maximum Gasteiger partial charge on any atom is 0.304 e. The number of piperidine rings is 1. The highest BCUT2D eigenvalue weighted by Gasteiger charge is 2.36. The minimum absolute atomic E-state index is 0.261. The average molecular weight is 372 g/mol. The Morgan fingerprint density at radius 1 is 1.36 bits per heavy atom. The molecule has 1 amide bonds. The Morgan fingerprint density at radius 3 is 2.68 bits per heavy atom. The molecule has 1 fully saturated rings. The predicted octanol–water partition coefficient (Wildman–Crippen LogP) is 0.927. The van der Waals surface area contributed by atoms with E-state index < -0.39 is 18.3 Å². The monoisotopic (exact) mass is 371 g/mol. The van der Waals surface area contributed by atoms with Gasteiger partial charge in [0.25, 0.3) is 5.91 Å². The van der Waals surface area contributed by atoms with Crippen LogP contribution in [-0.4, -0.2) is 51.0 Å². The average Bonchev–Trinajstić information content (AvgIpc) is 2.56. The summed E-state index contributed by atoms with van der Waals surface area (Å²) in [4.78, 5) is 23.9. The van der Waals surface area contributed by atoms with Gasteiger partial charge in [0.15, 0.2) is 6.23 Å². The van der Waals surface area contributed by atoms with Crippen molar-refractivity contribution in [3.8, 4) is 5.75 Å². The molecule has 0 spiro atoms. The molecule has 0 radical (unpaired) electrons. The van der Waals surface area contributed by atoms with Crippen molar-refractivity contribution in [1.29, 1.82) is 0 Å². The highest BCUT2D eigenvalue weighted by Crippen LogP contribution is 2.29. The van der Waals surface area contributed by atoms with Crippen LogP contribution in [0.15, 0.2) is 12.1 Å². The standard InChI is InChI=1S/C16H22ClN3O5/c1-8(21)25-16-14(24-3)12(4-5-19-16)20-15(22)9-6-10(17)11(18)7-13(9)23-2/h6-7,12,14,16,19H,4-5,18H2,1-3H3,(H,20,22). The Morgan fingerprint density at radius 2 is 2.08 bits per heavy atom. The van der Waals surface area contributed by atoms with Gasteiger partial charge in [-0.1, -0.05) is 11.6 Å². The van der Waals surface area contributed by atoms with Crippen molar-refractivity contribution >= 4 is 29.2 Å². The van der Waals surface area contributed by atoms with Crippen molar-refractivity contribution in [3.63, 3.8) is 0 Å². The molecule has 3 unspecified atom stereocenters. The first-order valence-corrected chi connectivity index (χ1v) is 8.12. The van der Waals surface area contributed by atoms with Gasteiger partial charge in [0.1, 0.15) is 11.9 Å². The number of anilines is 1. The van der Waals surface area contributed by atoms with Crippen LogP contribution in [0.25, 0.3) is 0 Å². The molecule has 4 N–H and O–H groups in total. The summed E-state index contributed by atoms with van der Waals surface area (Å²) < 4.78 is 15.8. The second kappa shape index (κ2) is 8.37. The number of benzene rings is 1. The normalized spacial score (nSPS) is 23.0. The summed E-state index contributed by atoms with van der Waals surface area (Å²) in [7, 11) is 2.94. The van der Waals surface area contributed by atoms with Gasteiger partial charge in [0.2, 0.25) is 0 Å². The first-order chi connectivity index (χ1) is 11.9. The number of hydrogen-bond acceptors (Lipinski definition) is 7. The number of nitrogen functional groups attached to an aromatic ring is 1. The van der Waals surface area contributed by atoms with Crippen LogP contribution in [-0.2, 0) is 14.3 Å². The van der Waals surface area contributed by atoms with E-state index in [4.69, 9.17) is 31.5 Å². The van der Waals surface area contributed by atoms with E-state index in [1.165, 1.54) is 33.3 Å². The lowest BCUT2D eigenvalue weighted by atomic mass is 10.0. The van der Waals surface area contributed by atoms with Gasteiger partial charge >= 0.3 is 5.97 Å². The molecule has 8 nitrogen and oxygen atoms in total.